The number of ether oxygens (including phenoxy) is 6. The summed E-state index contributed by atoms with van der Waals surface area (Å²) >= 11 is 0. The molecule has 0 amide bonds. The molecule has 68 heavy (non-hydrogen) atoms. The first-order valence-electron chi connectivity index (χ1n) is 24.5. The highest BCUT2D eigenvalue weighted by molar-refractivity contribution is 5.95. The second-order valence-corrected chi connectivity index (χ2v) is 23.0. The van der Waals surface area contributed by atoms with E-state index in [9.17, 15) is 71.2 Å². The maximum Gasteiger partial charge on any atom is 0.187 e. The van der Waals surface area contributed by atoms with Crippen LogP contribution >= 0.6 is 0 Å². The van der Waals surface area contributed by atoms with E-state index >= 15 is 0 Å². The van der Waals surface area contributed by atoms with Gasteiger partial charge in [0.15, 0.2) is 24.7 Å². The van der Waals surface area contributed by atoms with E-state index in [1.165, 1.54) is 13.8 Å². The van der Waals surface area contributed by atoms with Crippen molar-refractivity contribution in [1.82, 2.24) is 0 Å². The lowest BCUT2D eigenvalue weighted by Gasteiger charge is -2.66. The molecule has 3 saturated heterocycles. The molecular weight excluding hydrogens is 897 g/mol. The number of fused-ring (bicyclic) bond motifs is 5. The van der Waals surface area contributed by atoms with Gasteiger partial charge in [0.05, 0.1) is 43.7 Å². The Morgan fingerprint density at radius 3 is 1.72 bits per heavy atom. The first kappa shape index (κ1) is 54.4. The van der Waals surface area contributed by atoms with Crippen molar-refractivity contribution >= 4 is 5.78 Å². The highest BCUT2D eigenvalue weighted by Crippen LogP contribution is 2.74. The maximum absolute atomic E-state index is 14.9. The second kappa shape index (κ2) is 19.8. The third kappa shape index (κ3) is 8.99. The van der Waals surface area contributed by atoms with E-state index in [0.717, 1.165) is 18.4 Å². The molecule has 3 aliphatic heterocycles. The summed E-state index contributed by atoms with van der Waals surface area (Å²) < 4.78 is 35.7. The molecule has 4 aliphatic carbocycles. The van der Waals surface area contributed by atoms with E-state index in [2.05, 4.69) is 20.8 Å². The monoisotopic (exact) mass is 977 g/mol. The van der Waals surface area contributed by atoms with Crippen molar-refractivity contribution in [3.8, 4) is 0 Å². The van der Waals surface area contributed by atoms with Crippen LogP contribution in [0.2, 0.25) is 0 Å². The Morgan fingerprint density at radius 1 is 0.676 bits per heavy atom. The minimum absolute atomic E-state index is 0.0235. The molecule has 0 aromatic carbocycles. The molecule has 0 spiro atoms. The third-order valence-corrected chi connectivity index (χ3v) is 18.4. The molecule has 0 bridgehead atoms. The number of ketones is 1. The summed E-state index contributed by atoms with van der Waals surface area (Å²) in [5, 5.41) is 139. The molecule has 0 aromatic rings. The number of hydrogen-bond donors (Lipinski definition) is 13. The minimum atomic E-state index is -1.86. The summed E-state index contributed by atoms with van der Waals surface area (Å²) in [5.74, 6) is -0.788. The summed E-state index contributed by atoms with van der Waals surface area (Å²) in [5.41, 5.74) is -3.34. The van der Waals surface area contributed by atoms with Gasteiger partial charge in [-0.3, -0.25) is 4.79 Å². The molecule has 392 valence electrons. The van der Waals surface area contributed by atoms with E-state index in [1.54, 1.807) is 6.08 Å². The normalized spacial score (nSPS) is 50.4. The Labute approximate surface area is 397 Å². The van der Waals surface area contributed by atoms with E-state index in [4.69, 9.17) is 28.4 Å². The highest BCUT2D eigenvalue weighted by Gasteiger charge is 2.72. The molecule has 0 aromatic heterocycles. The van der Waals surface area contributed by atoms with Gasteiger partial charge < -0.3 is 94.8 Å². The number of rotatable bonds is 14. The van der Waals surface area contributed by atoms with Crippen LogP contribution in [0.15, 0.2) is 11.6 Å². The van der Waals surface area contributed by atoms with Crippen LogP contribution in [0.4, 0.5) is 0 Å². The van der Waals surface area contributed by atoms with Crippen molar-refractivity contribution in [3.05, 3.63) is 11.6 Å². The van der Waals surface area contributed by atoms with Crippen LogP contribution in [0.25, 0.3) is 0 Å². The lowest BCUT2D eigenvalue weighted by Crippen LogP contribution is -2.67. The van der Waals surface area contributed by atoms with Crippen LogP contribution in [0.3, 0.4) is 0 Å². The van der Waals surface area contributed by atoms with Gasteiger partial charge in [0.1, 0.15) is 73.2 Å². The summed E-state index contributed by atoms with van der Waals surface area (Å²) in [4.78, 5) is 14.9. The van der Waals surface area contributed by atoms with Crippen LogP contribution < -0.4 is 0 Å². The van der Waals surface area contributed by atoms with Gasteiger partial charge in [0, 0.05) is 16.7 Å². The van der Waals surface area contributed by atoms with Crippen molar-refractivity contribution in [2.75, 3.05) is 19.8 Å². The Kier molecular flexibility index (Phi) is 15.9. The third-order valence-electron chi connectivity index (χ3n) is 18.4. The largest absolute Gasteiger partial charge is 0.394 e. The van der Waals surface area contributed by atoms with Gasteiger partial charge in [-0.15, -0.1) is 0 Å². The van der Waals surface area contributed by atoms with Gasteiger partial charge in [-0.2, -0.15) is 0 Å². The fourth-order valence-electron chi connectivity index (χ4n) is 14.0. The standard InChI is InChI=1S/C48H80O20/c1-20(9-11-30(45(4,5)62)67-43-39(36(59)33(56)27(19-51)65-43)68-42-38(61)35(58)32(55)26(18-50)64-42)21-13-14-46(6)40-24(52)15-23-22(48(40,8)28(53)16-47(21,46)7)10-12-29(44(23,2)3)66-41-37(60)34(57)31(54)25(17-49)63-41/h15,20-22,25-43,49-51,53-62H,9-14,16-19H2,1-8H3/t20-,21-,22-,25-,26-,27-,28-,29+,30-,31-,32-,33-,34+,35+,36+,37-,38-,39-,40+,41+,42+,43+,46+,47-,48-/m1/s1. The first-order valence-corrected chi connectivity index (χ1v) is 24.5. The van der Waals surface area contributed by atoms with Gasteiger partial charge in [0.25, 0.3) is 0 Å². The van der Waals surface area contributed by atoms with Crippen LogP contribution in [0, 0.1) is 45.3 Å². The quantitative estimate of drug-likeness (QED) is 0.0906. The summed E-state index contributed by atoms with van der Waals surface area (Å²) in [7, 11) is 0. The summed E-state index contributed by atoms with van der Waals surface area (Å²) in [6.07, 6.45) is -20.7. The van der Waals surface area contributed by atoms with Gasteiger partial charge >= 0.3 is 0 Å². The number of allylic oxidation sites excluding steroid dienone is 1. The van der Waals surface area contributed by atoms with E-state index in [0.29, 0.717) is 25.7 Å². The van der Waals surface area contributed by atoms with Crippen molar-refractivity contribution in [2.24, 2.45) is 45.3 Å². The fourth-order valence-corrected chi connectivity index (χ4v) is 14.0. The average Bonchev–Trinajstić information content (AvgIpc) is 3.54. The zero-order chi connectivity index (χ0) is 50.4. The molecule has 0 radical (unpaired) electrons. The van der Waals surface area contributed by atoms with Gasteiger partial charge in [-0.25, -0.2) is 0 Å². The van der Waals surface area contributed by atoms with Crippen molar-refractivity contribution in [2.45, 2.75) is 216 Å². The second-order valence-electron chi connectivity index (χ2n) is 23.0. The Balaban J connectivity index is 1.08. The fraction of sp³-hybridized carbons (Fsp3) is 0.938. The van der Waals surface area contributed by atoms with E-state index in [-0.39, 0.29) is 30.0 Å². The Morgan fingerprint density at radius 2 is 1.19 bits per heavy atom. The minimum Gasteiger partial charge on any atom is -0.394 e. The van der Waals surface area contributed by atoms with Gasteiger partial charge in [0.2, 0.25) is 0 Å². The summed E-state index contributed by atoms with van der Waals surface area (Å²) in [6, 6.07) is 0. The molecule has 0 unspecified atom stereocenters. The highest BCUT2D eigenvalue weighted by atomic mass is 16.8. The lowest BCUT2D eigenvalue weighted by atomic mass is 9.38. The molecule has 7 rings (SSSR count). The Hall–Kier alpha value is -1.35. The molecule has 3 heterocycles. The SMILES string of the molecule is C[C@H](CC[C@@H](O[C@@H]1O[C@H](CO)[C@@H](O)[C@H](O)[C@H]1O[C@@H]1O[C@H](CO)[C@@H](O)[C@H](O)[C@H]1O)C(C)(C)O)[C@H]1CC[C@@]2(C)[C@@H]3C(=O)C=C4[C@@H](CC[C@H](O[C@@H]5O[C@H](CO)[C@@H](O)[C@H](O)[C@H]5O)C4(C)C)[C@]3(C)[C@H](O)C[C@]12C. The van der Waals surface area contributed by atoms with Crippen LogP contribution in [-0.2, 0) is 33.2 Å². The smallest absolute Gasteiger partial charge is 0.187 e. The lowest BCUT2D eigenvalue weighted by molar-refractivity contribution is -0.375. The Bertz CT molecular complexity index is 1790. The maximum atomic E-state index is 14.9. The number of carbonyl (C=O) groups excluding carboxylic acids is 1. The molecule has 13 N–H and O–H groups in total. The van der Waals surface area contributed by atoms with Crippen LogP contribution in [0.1, 0.15) is 100 Å². The van der Waals surface area contributed by atoms with Crippen molar-refractivity contribution in [1.29, 1.82) is 0 Å². The zero-order valence-corrected chi connectivity index (χ0v) is 40.5. The van der Waals surface area contributed by atoms with Crippen LogP contribution in [0.5, 0.6) is 0 Å². The molecule has 6 fully saturated rings. The number of aliphatic hydroxyl groups is 13. The van der Waals surface area contributed by atoms with Gasteiger partial charge in [-0.05, 0) is 93.5 Å². The molecular formula is C48H80O20. The first-order chi connectivity index (χ1) is 31.6. The topological polar surface area (TPSA) is 335 Å². The molecule has 3 saturated carbocycles. The molecule has 20 nitrogen and oxygen atoms in total. The zero-order valence-electron chi connectivity index (χ0n) is 40.5. The predicted molar refractivity (Wildman–Crippen MR) is 235 cm³/mol. The van der Waals surface area contributed by atoms with Crippen LogP contribution in [-0.4, -0.2) is 208 Å². The van der Waals surface area contributed by atoms with E-state index < -0.39 is 163 Å². The van der Waals surface area contributed by atoms with Gasteiger partial charge in [-0.1, -0.05) is 47.1 Å². The molecule has 25 atom stereocenters. The number of aliphatic hydroxyl groups excluding tert-OH is 12. The molecule has 7 aliphatic rings. The predicted octanol–water partition coefficient (Wildman–Crippen LogP) is -1.88. The number of hydrogen-bond acceptors (Lipinski definition) is 20. The number of carbonyl (C=O) groups is 1. The van der Waals surface area contributed by atoms with Crippen molar-refractivity contribution < 1.29 is 99.6 Å². The average molecular weight is 977 g/mol. The van der Waals surface area contributed by atoms with Crippen molar-refractivity contribution in [3.63, 3.8) is 0 Å². The van der Waals surface area contributed by atoms with E-state index in [1.807, 2.05) is 20.8 Å². The molecule has 20 heteroatoms. The summed E-state index contributed by atoms with van der Waals surface area (Å²) in [6.45, 7) is 13.4.